The summed E-state index contributed by atoms with van der Waals surface area (Å²) in [7, 11) is 0. The van der Waals surface area contributed by atoms with Crippen LogP contribution in [-0.4, -0.2) is 27.1 Å². The molecule has 0 saturated heterocycles. The first-order valence-electron chi connectivity index (χ1n) is 6.68. The molecule has 106 valence electrons. The van der Waals surface area contributed by atoms with Gasteiger partial charge in [0.2, 0.25) is 5.91 Å². The molecule has 0 bridgehead atoms. The van der Waals surface area contributed by atoms with Gasteiger partial charge < -0.3 is 10.6 Å². The van der Waals surface area contributed by atoms with Crippen molar-refractivity contribution in [2.75, 3.05) is 12.3 Å². The fourth-order valence-corrected chi connectivity index (χ4v) is 3.44. The quantitative estimate of drug-likeness (QED) is 0.916. The molecule has 0 unspecified atom stereocenters. The molecule has 0 aliphatic carbocycles. The first kappa shape index (κ1) is 13.2. The summed E-state index contributed by atoms with van der Waals surface area (Å²) < 4.78 is 1.70. The molecule has 1 amide bonds. The van der Waals surface area contributed by atoms with Crippen molar-refractivity contribution in [3.63, 3.8) is 0 Å². The van der Waals surface area contributed by atoms with Gasteiger partial charge >= 0.3 is 0 Å². The lowest BCUT2D eigenvalue weighted by Crippen LogP contribution is -2.37. The van der Waals surface area contributed by atoms with Gasteiger partial charge in [0.05, 0.1) is 17.1 Å². The number of carbonyl (C=O) groups excluding carboxylic acids is 1. The molecule has 20 heavy (non-hydrogen) atoms. The summed E-state index contributed by atoms with van der Waals surface area (Å²) in [6, 6.07) is 2.11. The third-order valence-corrected chi connectivity index (χ3v) is 4.91. The maximum atomic E-state index is 12.4. The van der Waals surface area contributed by atoms with Crippen LogP contribution in [0.1, 0.15) is 21.8 Å². The van der Waals surface area contributed by atoms with E-state index in [9.17, 15) is 4.79 Å². The number of fused-ring (bicyclic) bond motifs is 1. The van der Waals surface area contributed by atoms with E-state index in [4.69, 9.17) is 5.73 Å². The van der Waals surface area contributed by atoms with Crippen molar-refractivity contribution in [1.82, 2.24) is 14.7 Å². The number of nitrogen functional groups attached to an aromatic ring is 1. The maximum absolute atomic E-state index is 12.4. The van der Waals surface area contributed by atoms with Crippen LogP contribution in [-0.2, 0) is 24.3 Å². The third-order valence-electron chi connectivity index (χ3n) is 3.88. The number of rotatable bonds is 2. The van der Waals surface area contributed by atoms with E-state index < -0.39 is 0 Å². The zero-order chi connectivity index (χ0) is 14.3. The zero-order valence-corrected chi connectivity index (χ0v) is 12.5. The van der Waals surface area contributed by atoms with Gasteiger partial charge in [0.1, 0.15) is 6.54 Å². The van der Waals surface area contributed by atoms with Crippen LogP contribution in [0.25, 0.3) is 0 Å². The molecular formula is C14H18N4OS. The van der Waals surface area contributed by atoms with Crippen molar-refractivity contribution in [3.8, 4) is 0 Å². The van der Waals surface area contributed by atoms with Crippen LogP contribution in [0.2, 0.25) is 0 Å². The van der Waals surface area contributed by atoms with Crippen LogP contribution >= 0.6 is 11.3 Å². The van der Waals surface area contributed by atoms with Gasteiger partial charge in [-0.05, 0) is 37.3 Å². The van der Waals surface area contributed by atoms with E-state index in [1.165, 1.54) is 10.4 Å². The largest absolute Gasteiger partial charge is 0.396 e. The minimum Gasteiger partial charge on any atom is -0.396 e. The van der Waals surface area contributed by atoms with Crippen molar-refractivity contribution in [2.24, 2.45) is 0 Å². The molecule has 5 nitrogen and oxygen atoms in total. The van der Waals surface area contributed by atoms with Crippen LogP contribution in [0.5, 0.6) is 0 Å². The molecule has 1 aliphatic rings. The molecule has 0 saturated carbocycles. The number of carbonyl (C=O) groups is 1. The van der Waals surface area contributed by atoms with E-state index in [-0.39, 0.29) is 12.5 Å². The van der Waals surface area contributed by atoms with Crippen molar-refractivity contribution >= 4 is 22.9 Å². The number of hydrogen-bond acceptors (Lipinski definition) is 4. The molecule has 0 atom stereocenters. The van der Waals surface area contributed by atoms with Crippen molar-refractivity contribution in [2.45, 2.75) is 33.4 Å². The molecule has 2 N–H and O–H groups in total. The summed E-state index contributed by atoms with van der Waals surface area (Å²) in [4.78, 5) is 15.7. The number of anilines is 1. The number of hydrogen-bond donors (Lipinski definition) is 1. The Bertz CT molecular complexity index is 658. The molecule has 2 aromatic rings. The van der Waals surface area contributed by atoms with E-state index in [0.717, 1.165) is 24.4 Å². The summed E-state index contributed by atoms with van der Waals surface area (Å²) in [6.45, 7) is 5.54. The number of nitrogens with two attached hydrogens (primary N) is 1. The van der Waals surface area contributed by atoms with E-state index in [1.807, 2.05) is 18.7 Å². The predicted octanol–water partition coefficient (Wildman–Crippen LogP) is 1.73. The Balaban J connectivity index is 1.73. The molecule has 1 aliphatic heterocycles. The fraction of sp³-hybridized carbons (Fsp3) is 0.429. The van der Waals surface area contributed by atoms with Gasteiger partial charge in [-0.2, -0.15) is 5.10 Å². The molecular weight excluding hydrogens is 272 g/mol. The van der Waals surface area contributed by atoms with E-state index in [1.54, 1.807) is 16.0 Å². The van der Waals surface area contributed by atoms with Crippen LogP contribution in [0.15, 0.2) is 11.4 Å². The van der Waals surface area contributed by atoms with Gasteiger partial charge in [-0.15, -0.1) is 11.3 Å². The SMILES string of the molecule is Cc1nn(CC(=O)N2CCc3sccc3C2)c(C)c1N. The van der Waals surface area contributed by atoms with Gasteiger partial charge in [-0.3, -0.25) is 9.48 Å². The second kappa shape index (κ2) is 4.94. The molecule has 0 spiro atoms. The number of thiophene rings is 1. The summed E-state index contributed by atoms with van der Waals surface area (Å²) >= 11 is 1.78. The second-order valence-corrected chi connectivity index (χ2v) is 6.18. The summed E-state index contributed by atoms with van der Waals surface area (Å²) in [5.41, 5.74) is 9.51. The van der Waals surface area contributed by atoms with Crippen LogP contribution in [0.4, 0.5) is 5.69 Å². The van der Waals surface area contributed by atoms with E-state index in [0.29, 0.717) is 12.2 Å². The van der Waals surface area contributed by atoms with Crippen LogP contribution < -0.4 is 5.73 Å². The average molecular weight is 290 g/mol. The molecule has 3 heterocycles. The Morgan fingerprint density at radius 3 is 3.00 bits per heavy atom. The molecule has 3 rings (SSSR count). The smallest absolute Gasteiger partial charge is 0.244 e. The van der Waals surface area contributed by atoms with Gasteiger partial charge in [-0.1, -0.05) is 0 Å². The number of aromatic nitrogens is 2. The van der Waals surface area contributed by atoms with Crippen molar-refractivity contribution in [1.29, 1.82) is 0 Å². The second-order valence-electron chi connectivity index (χ2n) is 5.18. The highest BCUT2D eigenvalue weighted by molar-refractivity contribution is 7.10. The minimum atomic E-state index is 0.104. The summed E-state index contributed by atoms with van der Waals surface area (Å²) in [5, 5.41) is 6.42. The lowest BCUT2D eigenvalue weighted by molar-refractivity contribution is -0.133. The lowest BCUT2D eigenvalue weighted by atomic mass is 10.1. The normalized spacial score (nSPS) is 14.4. The minimum absolute atomic E-state index is 0.104. The Morgan fingerprint density at radius 2 is 2.30 bits per heavy atom. The first-order valence-corrected chi connectivity index (χ1v) is 7.56. The molecule has 0 aromatic carbocycles. The third kappa shape index (κ3) is 2.20. The predicted molar refractivity (Wildman–Crippen MR) is 79.6 cm³/mol. The molecule has 0 fully saturated rings. The van der Waals surface area contributed by atoms with E-state index in [2.05, 4.69) is 16.5 Å². The molecule has 2 aromatic heterocycles. The highest BCUT2D eigenvalue weighted by atomic mass is 32.1. The average Bonchev–Trinajstić information content (AvgIpc) is 2.99. The van der Waals surface area contributed by atoms with E-state index >= 15 is 0 Å². The molecule has 0 radical (unpaired) electrons. The number of amides is 1. The zero-order valence-electron chi connectivity index (χ0n) is 11.7. The van der Waals surface area contributed by atoms with Crippen molar-refractivity contribution < 1.29 is 4.79 Å². The Kier molecular flexibility index (Phi) is 3.25. The number of nitrogens with zero attached hydrogens (tertiary/aromatic N) is 3. The standard InChI is InChI=1S/C14H18N4OS/c1-9-14(15)10(2)18(16-9)8-13(19)17-5-3-12-11(7-17)4-6-20-12/h4,6H,3,5,7-8,15H2,1-2H3. The van der Waals surface area contributed by atoms with Gasteiger partial charge in [0.15, 0.2) is 0 Å². The first-order chi connectivity index (χ1) is 9.56. The topological polar surface area (TPSA) is 64.2 Å². The van der Waals surface area contributed by atoms with Gasteiger partial charge in [-0.25, -0.2) is 0 Å². The maximum Gasteiger partial charge on any atom is 0.244 e. The Morgan fingerprint density at radius 1 is 1.50 bits per heavy atom. The van der Waals surface area contributed by atoms with Gasteiger partial charge in [0.25, 0.3) is 0 Å². The van der Waals surface area contributed by atoms with Crippen LogP contribution in [0.3, 0.4) is 0 Å². The Hall–Kier alpha value is -1.82. The lowest BCUT2D eigenvalue weighted by Gasteiger charge is -2.27. The summed E-state index contributed by atoms with van der Waals surface area (Å²) in [5.74, 6) is 0.104. The van der Waals surface area contributed by atoms with Gasteiger partial charge in [0, 0.05) is 18.0 Å². The summed E-state index contributed by atoms with van der Waals surface area (Å²) in [6.07, 6.45) is 0.956. The number of aryl methyl sites for hydroxylation is 1. The fourth-order valence-electron chi connectivity index (χ4n) is 2.55. The highest BCUT2D eigenvalue weighted by Gasteiger charge is 2.22. The monoisotopic (exact) mass is 290 g/mol. The highest BCUT2D eigenvalue weighted by Crippen LogP contribution is 2.24. The van der Waals surface area contributed by atoms with Crippen molar-refractivity contribution in [3.05, 3.63) is 33.3 Å². The van der Waals surface area contributed by atoms with Crippen LogP contribution in [0, 0.1) is 13.8 Å². The Labute approximate surface area is 122 Å². The molecule has 6 heteroatoms.